The zero-order chi connectivity index (χ0) is 24.0. The summed E-state index contributed by atoms with van der Waals surface area (Å²) in [5.74, 6) is 0.0711. The number of amides is 1. The van der Waals surface area contributed by atoms with E-state index in [2.05, 4.69) is 21.2 Å². The summed E-state index contributed by atoms with van der Waals surface area (Å²) in [6, 6.07) is 16.9. The topological polar surface area (TPSA) is 71.3 Å². The summed E-state index contributed by atoms with van der Waals surface area (Å²) in [4.78, 5) is 12.7. The van der Waals surface area contributed by atoms with Gasteiger partial charge in [-0.3, -0.25) is 4.79 Å². The number of hydrogen-bond acceptors (Lipinski definition) is 4. The van der Waals surface area contributed by atoms with Crippen molar-refractivity contribution >= 4 is 33.6 Å². The number of nitrogens with one attached hydrogen (secondary N) is 1. The van der Waals surface area contributed by atoms with Gasteiger partial charge < -0.3 is 14.8 Å². The minimum absolute atomic E-state index is 0.0568. The number of nitrogens with zero attached hydrogens (tertiary/aromatic N) is 1. The van der Waals surface area contributed by atoms with E-state index in [-0.39, 0.29) is 18.0 Å². The fraction of sp³-hybridized carbons (Fsp3) is 0.154. The predicted octanol–water partition coefficient (Wildman–Crippen LogP) is 6.34. The van der Waals surface area contributed by atoms with Crippen molar-refractivity contribution in [3.8, 4) is 17.6 Å². The summed E-state index contributed by atoms with van der Waals surface area (Å²) in [6.07, 6.45) is 1.48. The van der Waals surface area contributed by atoms with Gasteiger partial charge in [-0.05, 0) is 72.5 Å². The fourth-order valence-electron chi connectivity index (χ4n) is 3.06. The van der Waals surface area contributed by atoms with Crippen molar-refractivity contribution in [2.45, 2.75) is 20.5 Å². The Labute approximate surface area is 200 Å². The number of halogens is 2. The molecule has 0 atom stereocenters. The Morgan fingerprint density at radius 3 is 2.55 bits per heavy atom. The molecule has 7 heteroatoms. The average Bonchev–Trinajstić information content (AvgIpc) is 2.81. The second-order valence-corrected chi connectivity index (χ2v) is 8.17. The van der Waals surface area contributed by atoms with Gasteiger partial charge in [-0.15, -0.1) is 0 Å². The summed E-state index contributed by atoms with van der Waals surface area (Å²) in [5.41, 5.74) is 3.95. The van der Waals surface area contributed by atoms with E-state index in [4.69, 9.17) is 9.47 Å². The molecule has 0 radical (unpaired) electrons. The molecule has 0 aromatic heterocycles. The van der Waals surface area contributed by atoms with Gasteiger partial charge in [0.15, 0.2) is 11.5 Å². The van der Waals surface area contributed by atoms with Crippen LogP contribution in [0.1, 0.15) is 22.3 Å². The highest BCUT2D eigenvalue weighted by Gasteiger charge is 2.15. The highest BCUT2D eigenvalue weighted by atomic mass is 79.9. The maximum Gasteiger partial charge on any atom is 0.266 e. The molecule has 33 heavy (non-hydrogen) atoms. The Hall–Kier alpha value is -3.63. The first-order valence-corrected chi connectivity index (χ1v) is 10.9. The molecule has 0 aliphatic rings. The molecule has 168 valence electrons. The number of carbonyl (C=O) groups is 1. The van der Waals surface area contributed by atoms with Gasteiger partial charge in [0, 0.05) is 10.2 Å². The molecule has 0 saturated heterocycles. The number of benzene rings is 3. The maximum atomic E-state index is 13.1. The molecule has 0 bridgehead atoms. The van der Waals surface area contributed by atoms with E-state index < -0.39 is 5.91 Å². The average molecular weight is 509 g/mol. The van der Waals surface area contributed by atoms with Crippen LogP contribution >= 0.6 is 15.9 Å². The standard InChI is InChI=1S/C26H22BrFN2O3/c1-16-5-4-6-23(17(16)2)30-26(31)20(14-29)11-19-12-24(32-3)25(13-22(19)27)33-15-18-7-9-21(28)10-8-18/h4-13H,15H2,1-3H3,(H,30,31)/b20-11+. The predicted molar refractivity (Wildman–Crippen MR) is 130 cm³/mol. The summed E-state index contributed by atoms with van der Waals surface area (Å²) in [7, 11) is 1.50. The molecule has 5 nitrogen and oxygen atoms in total. The molecule has 0 unspecified atom stereocenters. The first kappa shape index (κ1) is 24.0. The van der Waals surface area contributed by atoms with Gasteiger partial charge >= 0.3 is 0 Å². The molecule has 0 spiro atoms. The van der Waals surface area contributed by atoms with Gasteiger partial charge in [-0.1, -0.05) is 40.2 Å². The van der Waals surface area contributed by atoms with E-state index in [1.165, 1.54) is 25.3 Å². The van der Waals surface area contributed by atoms with Crippen LogP contribution in [0, 0.1) is 31.0 Å². The molecule has 1 N–H and O–H groups in total. The summed E-state index contributed by atoms with van der Waals surface area (Å²) in [6.45, 7) is 4.09. The number of rotatable bonds is 7. The largest absolute Gasteiger partial charge is 0.493 e. The monoisotopic (exact) mass is 508 g/mol. The molecule has 0 aliphatic heterocycles. The Bertz CT molecular complexity index is 1250. The van der Waals surface area contributed by atoms with Crippen LogP contribution < -0.4 is 14.8 Å². The zero-order valence-electron chi connectivity index (χ0n) is 18.4. The molecule has 0 aliphatic carbocycles. The highest BCUT2D eigenvalue weighted by Crippen LogP contribution is 2.35. The molecule has 0 saturated carbocycles. The fourth-order valence-corrected chi connectivity index (χ4v) is 3.49. The van der Waals surface area contributed by atoms with Crippen molar-refractivity contribution in [2.75, 3.05) is 12.4 Å². The summed E-state index contributed by atoms with van der Waals surface area (Å²) >= 11 is 3.47. The minimum atomic E-state index is -0.506. The van der Waals surface area contributed by atoms with Crippen LogP contribution in [0.3, 0.4) is 0 Å². The van der Waals surface area contributed by atoms with Crippen LogP contribution in [-0.2, 0) is 11.4 Å². The minimum Gasteiger partial charge on any atom is -0.493 e. The van der Waals surface area contributed by atoms with E-state index in [0.717, 1.165) is 16.7 Å². The summed E-state index contributed by atoms with van der Waals surface area (Å²) < 4.78 is 25.0. The number of methoxy groups -OCH3 is 1. The number of anilines is 1. The lowest BCUT2D eigenvalue weighted by atomic mass is 10.1. The molecule has 1 amide bonds. The van der Waals surface area contributed by atoms with Gasteiger partial charge in [0.2, 0.25) is 0 Å². The van der Waals surface area contributed by atoms with E-state index in [1.54, 1.807) is 30.3 Å². The number of aryl methyl sites for hydroxylation is 1. The van der Waals surface area contributed by atoms with E-state index in [1.807, 2.05) is 32.0 Å². The van der Waals surface area contributed by atoms with Crippen molar-refractivity contribution in [3.05, 3.63) is 92.7 Å². The second kappa shape index (κ2) is 10.8. The lowest BCUT2D eigenvalue weighted by Gasteiger charge is -2.13. The van der Waals surface area contributed by atoms with Gasteiger partial charge in [-0.2, -0.15) is 5.26 Å². The Balaban J connectivity index is 1.83. The van der Waals surface area contributed by atoms with Gasteiger partial charge in [0.25, 0.3) is 5.91 Å². The molecular weight excluding hydrogens is 487 g/mol. The van der Waals surface area contributed by atoms with Crippen LogP contribution in [0.5, 0.6) is 11.5 Å². The third-order valence-corrected chi connectivity index (χ3v) is 5.80. The number of hydrogen-bond donors (Lipinski definition) is 1. The van der Waals surface area contributed by atoms with E-state index in [9.17, 15) is 14.4 Å². The maximum absolute atomic E-state index is 13.1. The second-order valence-electron chi connectivity index (χ2n) is 7.31. The lowest BCUT2D eigenvalue weighted by Crippen LogP contribution is -2.14. The zero-order valence-corrected chi connectivity index (χ0v) is 20.0. The van der Waals surface area contributed by atoms with Crippen molar-refractivity contribution in [1.29, 1.82) is 5.26 Å². The molecule has 3 aromatic carbocycles. The Kier molecular flexibility index (Phi) is 7.86. The first-order valence-electron chi connectivity index (χ1n) is 10.1. The van der Waals surface area contributed by atoms with Gasteiger partial charge in [0.1, 0.15) is 24.1 Å². The van der Waals surface area contributed by atoms with Crippen molar-refractivity contribution in [2.24, 2.45) is 0 Å². The van der Waals surface area contributed by atoms with Crippen LogP contribution in [0.15, 0.2) is 64.6 Å². The SMILES string of the molecule is COc1cc(/C=C(\C#N)C(=O)Nc2cccc(C)c2C)c(Br)cc1OCc1ccc(F)cc1. The molecule has 0 fully saturated rings. The Morgan fingerprint density at radius 1 is 1.15 bits per heavy atom. The molecule has 3 rings (SSSR count). The van der Waals surface area contributed by atoms with Crippen LogP contribution in [-0.4, -0.2) is 13.0 Å². The van der Waals surface area contributed by atoms with Crippen LogP contribution in [0.4, 0.5) is 10.1 Å². The van der Waals surface area contributed by atoms with Crippen molar-refractivity contribution in [1.82, 2.24) is 0 Å². The molecule has 3 aromatic rings. The van der Waals surface area contributed by atoms with E-state index >= 15 is 0 Å². The number of carbonyl (C=O) groups excluding carboxylic acids is 1. The quantitative estimate of drug-likeness (QED) is 0.298. The molecule has 0 heterocycles. The van der Waals surface area contributed by atoms with Gasteiger partial charge in [0.05, 0.1) is 7.11 Å². The Morgan fingerprint density at radius 2 is 1.88 bits per heavy atom. The summed E-state index contributed by atoms with van der Waals surface area (Å²) in [5, 5.41) is 12.4. The van der Waals surface area contributed by atoms with Crippen LogP contribution in [0.2, 0.25) is 0 Å². The van der Waals surface area contributed by atoms with Crippen LogP contribution in [0.25, 0.3) is 6.08 Å². The normalized spacial score (nSPS) is 11.0. The van der Waals surface area contributed by atoms with Crippen molar-refractivity contribution in [3.63, 3.8) is 0 Å². The smallest absolute Gasteiger partial charge is 0.266 e. The number of nitriles is 1. The van der Waals surface area contributed by atoms with E-state index in [0.29, 0.717) is 27.2 Å². The first-order chi connectivity index (χ1) is 15.8. The highest BCUT2D eigenvalue weighted by molar-refractivity contribution is 9.10. The molecular formula is C26H22BrFN2O3. The number of ether oxygens (including phenoxy) is 2. The van der Waals surface area contributed by atoms with Gasteiger partial charge in [-0.25, -0.2) is 4.39 Å². The third-order valence-electron chi connectivity index (χ3n) is 5.11. The lowest BCUT2D eigenvalue weighted by molar-refractivity contribution is -0.112. The van der Waals surface area contributed by atoms with Crippen molar-refractivity contribution < 1.29 is 18.7 Å². The third kappa shape index (κ3) is 5.99.